The Labute approximate surface area is 299 Å². The van der Waals surface area contributed by atoms with Gasteiger partial charge in [-0.2, -0.15) is 8.42 Å². The molecule has 51 heavy (non-hydrogen) atoms. The molecule has 0 unspecified atom stereocenters. The summed E-state index contributed by atoms with van der Waals surface area (Å²) in [5, 5.41) is 15.1. The van der Waals surface area contributed by atoms with Crippen LogP contribution < -0.4 is 14.8 Å². The highest BCUT2D eigenvalue weighted by Gasteiger charge is 2.31. The molecule has 0 fully saturated rings. The number of benzene rings is 3. The highest BCUT2D eigenvalue weighted by molar-refractivity contribution is 7.92. The molecule has 4 aromatic rings. The number of fused-ring (bicyclic) bond motifs is 2. The Hall–Kier alpha value is -4.66. The summed E-state index contributed by atoms with van der Waals surface area (Å²) < 4.78 is 42.9. The number of amides is 3. The van der Waals surface area contributed by atoms with Gasteiger partial charge in [0.05, 0.1) is 42.4 Å². The third kappa shape index (κ3) is 9.37. The summed E-state index contributed by atoms with van der Waals surface area (Å²) >= 11 is 0. The summed E-state index contributed by atoms with van der Waals surface area (Å²) in [6.45, 7) is 6.20. The Bertz CT molecular complexity index is 1930. The second kappa shape index (κ2) is 16.6. The predicted octanol–water partition coefficient (Wildman–Crippen LogP) is 5.33. The minimum atomic E-state index is -4.04. The number of aliphatic hydroxyl groups is 1. The van der Waals surface area contributed by atoms with Crippen LogP contribution in [0.3, 0.4) is 0 Å². The molecule has 14 heteroatoms. The second-order valence-corrected chi connectivity index (χ2v) is 15.0. The fraction of sp³-hybridized carbons (Fsp3) is 0.432. The van der Waals surface area contributed by atoms with Crippen molar-refractivity contribution in [1.29, 1.82) is 0 Å². The summed E-state index contributed by atoms with van der Waals surface area (Å²) in [5.41, 5.74) is 1.02. The summed E-state index contributed by atoms with van der Waals surface area (Å²) in [7, 11) is -0.657. The minimum absolute atomic E-state index is 0.150. The largest absolute Gasteiger partial charge is 0.490 e. The van der Waals surface area contributed by atoms with Gasteiger partial charge in [-0.05, 0) is 62.8 Å². The van der Waals surface area contributed by atoms with Crippen LogP contribution in [0.15, 0.2) is 78.2 Å². The summed E-state index contributed by atoms with van der Waals surface area (Å²) in [6.07, 6.45) is 4.33. The van der Waals surface area contributed by atoms with Crippen LogP contribution in [0.25, 0.3) is 10.8 Å². The number of ether oxygens (including phenoxy) is 2. The van der Waals surface area contributed by atoms with Gasteiger partial charge in [0.2, 0.25) is 0 Å². The molecule has 1 aliphatic heterocycles. The van der Waals surface area contributed by atoms with Crippen LogP contribution in [-0.4, -0.2) is 96.4 Å². The lowest BCUT2D eigenvalue weighted by Crippen LogP contribution is -2.48. The molecular weight excluding hydrogens is 673 g/mol. The number of carbonyl (C=O) groups excluding carboxylic acids is 2. The first-order valence-electron chi connectivity index (χ1n) is 17.2. The van der Waals surface area contributed by atoms with Gasteiger partial charge in [0.25, 0.3) is 15.9 Å². The molecule has 5 rings (SSSR count). The predicted molar refractivity (Wildman–Crippen MR) is 196 cm³/mol. The molecule has 1 aliphatic rings. The number of aliphatic hydroxyl groups excluding tert-OH is 1. The van der Waals surface area contributed by atoms with Gasteiger partial charge < -0.3 is 34.3 Å². The van der Waals surface area contributed by atoms with E-state index in [1.807, 2.05) is 56.3 Å². The van der Waals surface area contributed by atoms with E-state index in [0.29, 0.717) is 24.5 Å². The van der Waals surface area contributed by atoms with Crippen LogP contribution in [0.1, 0.15) is 50.4 Å². The van der Waals surface area contributed by atoms with Crippen LogP contribution >= 0.6 is 0 Å². The maximum atomic E-state index is 14.4. The molecule has 274 valence electrons. The molecule has 13 nitrogen and oxygen atoms in total. The van der Waals surface area contributed by atoms with Crippen molar-refractivity contribution in [2.45, 2.75) is 63.3 Å². The second-order valence-electron chi connectivity index (χ2n) is 13.3. The Balaban J connectivity index is 1.40. The van der Waals surface area contributed by atoms with Gasteiger partial charge in [-0.15, -0.1) is 0 Å². The van der Waals surface area contributed by atoms with Crippen LogP contribution in [0, 0.1) is 5.92 Å². The van der Waals surface area contributed by atoms with Crippen molar-refractivity contribution in [3.05, 3.63) is 78.8 Å². The van der Waals surface area contributed by atoms with Gasteiger partial charge in [-0.1, -0.05) is 43.3 Å². The standard InChI is InChI=1S/C37H48N6O7S/c1-25-20-43(26(2)23-44)36(45)31-19-29(40-51(47,48)35-22-41(4)24-38-35)16-17-33(31)50-27(3)11-8-9-18-49-34(25)21-42(5)37(46)39-32-15-10-13-28-12-6-7-14-30(28)32/h6-7,10,12-17,19,22,24-27,34,40,44H,8-9,11,18,20-21,23H2,1-5H3,(H,39,46)/t25-,26+,27-,34-/m1/s1. The van der Waals surface area contributed by atoms with Gasteiger partial charge >= 0.3 is 6.03 Å². The number of aryl methyl sites for hydroxylation is 1. The van der Waals surface area contributed by atoms with Crippen molar-refractivity contribution in [2.75, 3.05) is 43.4 Å². The first-order chi connectivity index (χ1) is 24.4. The maximum absolute atomic E-state index is 14.4. The van der Waals surface area contributed by atoms with E-state index in [9.17, 15) is 23.1 Å². The number of imidazole rings is 1. The van der Waals surface area contributed by atoms with Gasteiger partial charge in [0, 0.05) is 57.0 Å². The summed E-state index contributed by atoms with van der Waals surface area (Å²) in [6, 6.07) is 17.3. The van der Waals surface area contributed by atoms with Gasteiger partial charge in [-0.3, -0.25) is 9.52 Å². The van der Waals surface area contributed by atoms with E-state index in [0.717, 1.165) is 23.6 Å². The molecule has 4 atom stereocenters. The molecule has 0 radical (unpaired) electrons. The van der Waals surface area contributed by atoms with Crippen molar-refractivity contribution in [3.63, 3.8) is 0 Å². The van der Waals surface area contributed by atoms with Crippen LogP contribution in [0.2, 0.25) is 0 Å². The third-order valence-corrected chi connectivity index (χ3v) is 10.4. The number of hydrogen-bond acceptors (Lipinski definition) is 8. The fourth-order valence-electron chi connectivity index (χ4n) is 6.08. The smallest absolute Gasteiger partial charge is 0.321 e. The maximum Gasteiger partial charge on any atom is 0.321 e. The van der Waals surface area contributed by atoms with Crippen LogP contribution in [0.5, 0.6) is 5.75 Å². The highest BCUT2D eigenvalue weighted by atomic mass is 32.2. The van der Waals surface area contributed by atoms with Crippen molar-refractivity contribution in [1.82, 2.24) is 19.4 Å². The number of nitrogens with one attached hydrogen (secondary N) is 2. The van der Waals surface area contributed by atoms with Crippen LogP contribution in [0.4, 0.5) is 16.2 Å². The van der Waals surface area contributed by atoms with E-state index in [1.54, 1.807) is 43.0 Å². The number of anilines is 2. The monoisotopic (exact) mass is 720 g/mol. The van der Waals surface area contributed by atoms with Crippen molar-refractivity contribution in [2.24, 2.45) is 13.0 Å². The molecule has 0 saturated carbocycles. The molecule has 3 amide bonds. The molecule has 0 bridgehead atoms. The average molecular weight is 721 g/mol. The zero-order chi connectivity index (χ0) is 36.7. The van der Waals surface area contributed by atoms with E-state index in [1.165, 1.54) is 23.2 Å². The number of rotatable bonds is 8. The molecule has 0 spiro atoms. The number of sulfonamides is 1. The molecule has 3 N–H and O–H groups in total. The lowest BCUT2D eigenvalue weighted by molar-refractivity contribution is -0.0115. The molecule has 0 aliphatic carbocycles. The fourth-order valence-corrected chi connectivity index (χ4v) is 7.11. The minimum Gasteiger partial charge on any atom is -0.490 e. The third-order valence-electron chi connectivity index (χ3n) is 9.09. The summed E-state index contributed by atoms with van der Waals surface area (Å²) in [4.78, 5) is 35.0. The molecule has 2 heterocycles. The Morgan fingerprint density at radius 2 is 1.88 bits per heavy atom. The van der Waals surface area contributed by atoms with E-state index < -0.39 is 28.1 Å². The van der Waals surface area contributed by atoms with E-state index in [-0.39, 0.29) is 54.0 Å². The number of likely N-dealkylation sites (N-methyl/N-ethyl adjacent to an activating group) is 1. The Morgan fingerprint density at radius 1 is 1.12 bits per heavy atom. The number of carbonyl (C=O) groups is 2. The van der Waals surface area contributed by atoms with Crippen molar-refractivity contribution in [3.8, 4) is 5.75 Å². The van der Waals surface area contributed by atoms with Crippen molar-refractivity contribution < 1.29 is 32.6 Å². The highest BCUT2D eigenvalue weighted by Crippen LogP contribution is 2.30. The van der Waals surface area contributed by atoms with Gasteiger partial charge in [0.15, 0.2) is 5.03 Å². The number of aromatic nitrogens is 2. The van der Waals surface area contributed by atoms with Gasteiger partial charge in [0.1, 0.15) is 5.75 Å². The number of nitrogens with zero attached hydrogens (tertiary/aromatic N) is 4. The molecule has 0 saturated heterocycles. The average Bonchev–Trinajstić information content (AvgIpc) is 3.56. The van der Waals surface area contributed by atoms with Crippen LogP contribution in [-0.2, 0) is 21.8 Å². The molecule has 3 aromatic carbocycles. The first kappa shape index (κ1) is 37.6. The molecule has 1 aromatic heterocycles. The van der Waals surface area contributed by atoms with Gasteiger partial charge in [-0.25, -0.2) is 9.78 Å². The zero-order valence-corrected chi connectivity index (χ0v) is 30.6. The number of urea groups is 1. The lowest BCUT2D eigenvalue weighted by Gasteiger charge is -2.35. The van der Waals surface area contributed by atoms with E-state index in [2.05, 4.69) is 15.0 Å². The quantitative estimate of drug-likeness (QED) is 0.221. The lowest BCUT2D eigenvalue weighted by atomic mass is 10.0. The number of hydrogen-bond donors (Lipinski definition) is 3. The first-order valence-corrected chi connectivity index (χ1v) is 18.7. The topological polar surface area (TPSA) is 155 Å². The Kier molecular flexibility index (Phi) is 12.2. The Morgan fingerprint density at radius 3 is 2.63 bits per heavy atom. The normalized spacial score (nSPS) is 19.8. The summed E-state index contributed by atoms with van der Waals surface area (Å²) in [5.74, 6) is -0.402. The zero-order valence-electron chi connectivity index (χ0n) is 29.8. The van der Waals surface area contributed by atoms with E-state index in [4.69, 9.17) is 9.47 Å². The van der Waals surface area contributed by atoms with E-state index >= 15 is 0 Å². The molecular formula is C37H48N6O7S. The van der Waals surface area contributed by atoms with Crippen molar-refractivity contribution >= 4 is 44.1 Å². The SMILES string of the molecule is C[C@@H]1CCCCO[C@H](CN(C)C(=O)Nc2cccc3ccccc23)[C@H](C)CN([C@@H](C)CO)C(=O)c2cc(NS(=O)(=O)c3cn(C)cn3)ccc2O1.